The molecule has 1 aromatic rings. The van der Waals surface area contributed by atoms with Gasteiger partial charge in [0.15, 0.2) is 0 Å². The maximum absolute atomic E-state index is 10.9. The first kappa shape index (κ1) is 14.3. The zero-order chi connectivity index (χ0) is 12.1. The van der Waals surface area contributed by atoms with Gasteiger partial charge in [-0.3, -0.25) is 4.72 Å². The van der Waals surface area contributed by atoms with E-state index in [2.05, 4.69) is 4.72 Å². The third kappa shape index (κ3) is 5.64. The normalized spacial score (nSPS) is 10.2. The second-order valence-electron chi connectivity index (χ2n) is 2.84. The second-order valence-corrected chi connectivity index (χ2v) is 4.99. The molecular weight excluding hydrogens is 234 g/mol. The molecule has 0 spiro atoms. The number of benzene rings is 1. The van der Waals surface area contributed by atoms with Crippen LogP contribution in [-0.4, -0.2) is 14.7 Å². The Morgan fingerprint density at radius 2 is 1.80 bits per heavy atom. The number of anilines is 1. The van der Waals surface area contributed by atoms with Crippen molar-refractivity contribution in [3.63, 3.8) is 0 Å². The summed E-state index contributed by atoms with van der Waals surface area (Å²) >= 11 is 5.77. The van der Waals surface area contributed by atoms with Crippen molar-refractivity contribution in [2.24, 2.45) is 0 Å². The molecule has 0 aromatic heterocycles. The lowest BCUT2D eigenvalue weighted by Gasteiger charge is -2.05. The molecule has 86 valence electrons. The van der Waals surface area contributed by atoms with E-state index in [4.69, 9.17) is 11.6 Å². The molecule has 0 aliphatic heterocycles. The van der Waals surface area contributed by atoms with Gasteiger partial charge in [-0.1, -0.05) is 25.4 Å². The molecular formula is C10H16ClNO2S. The Labute approximate surface area is 96.5 Å². The van der Waals surface area contributed by atoms with Crippen LogP contribution in [0.3, 0.4) is 0 Å². The summed E-state index contributed by atoms with van der Waals surface area (Å²) < 4.78 is 24.1. The van der Waals surface area contributed by atoms with Crippen LogP contribution in [0.4, 0.5) is 5.69 Å². The maximum Gasteiger partial charge on any atom is 0.229 e. The minimum atomic E-state index is -3.20. The minimum absolute atomic E-state index is 0.532. The third-order valence-corrected chi connectivity index (χ3v) is 2.49. The highest BCUT2D eigenvalue weighted by Crippen LogP contribution is 2.19. The number of hydrogen-bond acceptors (Lipinski definition) is 2. The van der Waals surface area contributed by atoms with Crippen LogP contribution >= 0.6 is 11.6 Å². The van der Waals surface area contributed by atoms with Crippen molar-refractivity contribution in [2.45, 2.75) is 20.8 Å². The van der Waals surface area contributed by atoms with Crippen molar-refractivity contribution in [1.29, 1.82) is 0 Å². The molecule has 0 atom stereocenters. The number of nitrogens with one attached hydrogen (secondary N) is 1. The van der Waals surface area contributed by atoms with Crippen LogP contribution in [0, 0.1) is 6.92 Å². The van der Waals surface area contributed by atoms with Crippen molar-refractivity contribution in [3.8, 4) is 0 Å². The molecule has 0 heterocycles. The van der Waals surface area contributed by atoms with E-state index in [1.54, 1.807) is 18.2 Å². The van der Waals surface area contributed by atoms with Crippen LogP contribution in [0.2, 0.25) is 5.02 Å². The number of halogens is 1. The standard InChI is InChI=1S/C8H10ClNO2S.C2H6/c1-6-5-7(3-4-8(6)9)10-13(2,11)12;1-2/h3-5,10H,1-2H3;1-2H3. The van der Waals surface area contributed by atoms with Gasteiger partial charge < -0.3 is 0 Å². The summed E-state index contributed by atoms with van der Waals surface area (Å²) in [5, 5.41) is 0.624. The Morgan fingerprint density at radius 1 is 1.27 bits per heavy atom. The molecule has 0 bridgehead atoms. The first-order valence-electron chi connectivity index (χ1n) is 4.62. The van der Waals surface area contributed by atoms with Crippen LogP contribution in [0.1, 0.15) is 19.4 Å². The summed E-state index contributed by atoms with van der Waals surface area (Å²) in [6, 6.07) is 4.96. The topological polar surface area (TPSA) is 46.2 Å². The average molecular weight is 250 g/mol. The number of aryl methyl sites for hydroxylation is 1. The first-order valence-corrected chi connectivity index (χ1v) is 6.89. The summed E-state index contributed by atoms with van der Waals surface area (Å²) in [4.78, 5) is 0. The molecule has 1 rings (SSSR count). The van der Waals surface area contributed by atoms with E-state index in [1.165, 1.54) is 0 Å². The van der Waals surface area contributed by atoms with Crippen LogP contribution in [0.25, 0.3) is 0 Å². The zero-order valence-corrected chi connectivity index (χ0v) is 10.9. The number of rotatable bonds is 2. The summed E-state index contributed by atoms with van der Waals surface area (Å²) in [5.41, 5.74) is 1.37. The van der Waals surface area contributed by atoms with E-state index in [0.717, 1.165) is 11.8 Å². The van der Waals surface area contributed by atoms with Crippen LogP contribution in [-0.2, 0) is 10.0 Å². The number of sulfonamides is 1. The molecule has 1 aromatic carbocycles. The van der Waals surface area contributed by atoms with Gasteiger partial charge in [0.1, 0.15) is 0 Å². The summed E-state index contributed by atoms with van der Waals surface area (Å²) in [5.74, 6) is 0. The van der Waals surface area contributed by atoms with Gasteiger partial charge in [-0.25, -0.2) is 8.42 Å². The van der Waals surface area contributed by atoms with Gasteiger partial charge >= 0.3 is 0 Å². The highest BCUT2D eigenvalue weighted by molar-refractivity contribution is 7.92. The second kappa shape index (κ2) is 5.98. The smallest absolute Gasteiger partial charge is 0.229 e. The molecule has 1 N–H and O–H groups in total. The largest absolute Gasteiger partial charge is 0.284 e. The molecule has 0 radical (unpaired) electrons. The first-order chi connectivity index (χ1) is 6.88. The third-order valence-electron chi connectivity index (χ3n) is 1.46. The SMILES string of the molecule is CC.Cc1cc(NS(C)(=O)=O)ccc1Cl. The van der Waals surface area contributed by atoms with Crippen molar-refractivity contribution in [1.82, 2.24) is 0 Å². The van der Waals surface area contributed by atoms with Gasteiger partial charge in [-0.05, 0) is 30.7 Å². The molecule has 0 unspecified atom stereocenters. The zero-order valence-electron chi connectivity index (χ0n) is 9.33. The van der Waals surface area contributed by atoms with E-state index < -0.39 is 10.0 Å². The molecule has 0 aliphatic rings. The van der Waals surface area contributed by atoms with Crippen LogP contribution in [0.15, 0.2) is 18.2 Å². The monoisotopic (exact) mass is 249 g/mol. The minimum Gasteiger partial charge on any atom is -0.284 e. The molecule has 0 amide bonds. The summed E-state index contributed by atoms with van der Waals surface area (Å²) in [7, 11) is -3.20. The summed E-state index contributed by atoms with van der Waals surface area (Å²) in [6.45, 7) is 5.82. The molecule has 0 saturated heterocycles. The van der Waals surface area contributed by atoms with Crippen molar-refractivity contribution >= 4 is 27.3 Å². The average Bonchev–Trinajstić information content (AvgIpc) is 2.12. The van der Waals surface area contributed by atoms with E-state index in [-0.39, 0.29) is 0 Å². The molecule has 0 fully saturated rings. The highest BCUT2D eigenvalue weighted by Gasteiger charge is 2.02. The van der Waals surface area contributed by atoms with E-state index in [9.17, 15) is 8.42 Å². The quantitative estimate of drug-likeness (QED) is 0.876. The lowest BCUT2D eigenvalue weighted by Crippen LogP contribution is -2.09. The molecule has 3 nitrogen and oxygen atoms in total. The molecule has 0 aliphatic carbocycles. The highest BCUT2D eigenvalue weighted by atomic mass is 35.5. The fourth-order valence-corrected chi connectivity index (χ4v) is 1.59. The Kier molecular flexibility index (Phi) is 5.68. The lowest BCUT2D eigenvalue weighted by atomic mass is 10.2. The Balaban J connectivity index is 0.000000921. The predicted octanol–water partition coefficient (Wildman–Crippen LogP) is 3.05. The van der Waals surface area contributed by atoms with Crippen LogP contribution in [0.5, 0.6) is 0 Å². The van der Waals surface area contributed by atoms with Crippen molar-refractivity contribution in [2.75, 3.05) is 11.0 Å². The molecule has 15 heavy (non-hydrogen) atoms. The van der Waals surface area contributed by atoms with E-state index in [1.807, 2.05) is 20.8 Å². The van der Waals surface area contributed by atoms with Gasteiger partial charge in [0, 0.05) is 10.7 Å². The van der Waals surface area contributed by atoms with Gasteiger partial charge in [-0.15, -0.1) is 0 Å². The van der Waals surface area contributed by atoms with Gasteiger partial charge in [0.2, 0.25) is 10.0 Å². The maximum atomic E-state index is 10.9. The fraction of sp³-hybridized carbons (Fsp3) is 0.400. The van der Waals surface area contributed by atoms with Gasteiger partial charge in [-0.2, -0.15) is 0 Å². The van der Waals surface area contributed by atoms with Crippen molar-refractivity contribution < 1.29 is 8.42 Å². The predicted molar refractivity (Wildman–Crippen MR) is 66.0 cm³/mol. The number of hydrogen-bond donors (Lipinski definition) is 1. The van der Waals surface area contributed by atoms with E-state index in [0.29, 0.717) is 10.7 Å². The molecule has 0 saturated carbocycles. The lowest BCUT2D eigenvalue weighted by molar-refractivity contribution is 0.607. The Bertz CT molecular complexity index is 415. The molecule has 5 heteroatoms. The Morgan fingerprint density at radius 3 is 2.20 bits per heavy atom. The van der Waals surface area contributed by atoms with Gasteiger partial charge in [0.05, 0.1) is 6.26 Å². The van der Waals surface area contributed by atoms with Gasteiger partial charge in [0.25, 0.3) is 0 Å². The summed E-state index contributed by atoms with van der Waals surface area (Å²) in [6.07, 6.45) is 1.11. The van der Waals surface area contributed by atoms with Crippen LogP contribution < -0.4 is 4.72 Å². The van der Waals surface area contributed by atoms with E-state index >= 15 is 0 Å². The van der Waals surface area contributed by atoms with Crippen molar-refractivity contribution in [3.05, 3.63) is 28.8 Å². The fourth-order valence-electron chi connectivity index (χ4n) is 0.922. The Hall–Kier alpha value is -0.740.